The quantitative estimate of drug-likeness (QED) is 0.295. The van der Waals surface area contributed by atoms with E-state index in [2.05, 4.69) is 26.3 Å². The fourth-order valence-electron chi connectivity index (χ4n) is 5.46. The molecule has 5 N–H and O–H groups in total. The lowest BCUT2D eigenvalue weighted by Gasteiger charge is -2.26. The molecule has 0 spiro atoms. The Hall–Kier alpha value is -3.69. The number of para-hydroxylation sites is 1. The molecule has 39 heavy (non-hydrogen) atoms. The second-order valence-electron chi connectivity index (χ2n) is 11.8. The Morgan fingerprint density at radius 3 is 2.33 bits per heavy atom. The molecule has 1 aliphatic carbocycles. The van der Waals surface area contributed by atoms with Crippen LogP contribution in [0.3, 0.4) is 0 Å². The van der Waals surface area contributed by atoms with E-state index in [0.29, 0.717) is 25.1 Å². The Kier molecular flexibility index (Phi) is 8.72. The third kappa shape index (κ3) is 7.46. The second kappa shape index (κ2) is 12.0. The number of aromatic nitrogens is 1. The van der Waals surface area contributed by atoms with E-state index in [-0.39, 0.29) is 18.2 Å². The molecule has 2 fully saturated rings. The van der Waals surface area contributed by atoms with Gasteiger partial charge in [0.1, 0.15) is 11.7 Å². The molecule has 4 rings (SSSR count). The molecule has 0 bridgehead atoms. The van der Waals surface area contributed by atoms with Crippen molar-refractivity contribution in [3.63, 3.8) is 0 Å². The highest BCUT2D eigenvalue weighted by atomic mass is 16.2. The smallest absolute Gasteiger partial charge is 0.290 e. The Labute approximate surface area is 228 Å². The molecule has 1 aromatic carbocycles. The first kappa shape index (κ1) is 28.3. The average Bonchev–Trinajstić information content (AvgIpc) is 3.63. The van der Waals surface area contributed by atoms with Crippen LogP contribution >= 0.6 is 0 Å². The van der Waals surface area contributed by atoms with Crippen molar-refractivity contribution < 1.29 is 24.0 Å². The van der Waals surface area contributed by atoms with Crippen molar-refractivity contribution in [2.24, 2.45) is 11.8 Å². The van der Waals surface area contributed by atoms with Gasteiger partial charge < -0.3 is 26.3 Å². The first-order valence-electron chi connectivity index (χ1n) is 13.8. The number of benzene rings is 1. The molecule has 0 radical (unpaired) electrons. The second-order valence-corrected chi connectivity index (χ2v) is 11.8. The van der Waals surface area contributed by atoms with E-state index in [0.717, 1.165) is 36.6 Å². The maximum absolute atomic E-state index is 13.6. The lowest BCUT2D eigenvalue weighted by molar-refractivity contribution is -0.141. The fourth-order valence-corrected chi connectivity index (χ4v) is 5.46. The van der Waals surface area contributed by atoms with Crippen molar-refractivity contribution in [3.8, 4) is 0 Å². The highest BCUT2D eigenvalue weighted by Gasteiger charge is 2.37. The topological polar surface area (TPSA) is 149 Å². The van der Waals surface area contributed by atoms with Crippen molar-refractivity contribution in [2.75, 3.05) is 6.54 Å². The van der Waals surface area contributed by atoms with Gasteiger partial charge in [0.05, 0.1) is 6.04 Å². The number of fused-ring (bicyclic) bond motifs is 1. The molecule has 1 saturated carbocycles. The van der Waals surface area contributed by atoms with Crippen LogP contribution in [-0.2, 0) is 19.2 Å². The third-order valence-electron chi connectivity index (χ3n) is 7.47. The van der Waals surface area contributed by atoms with Crippen molar-refractivity contribution in [1.29, 1.82) is 0 Å². The molecular formula is C29H39N5O5. The molecule has 10 nitrogen and oxygen atoms in total. The van der Waals surface area contributed by atoms with Crippen LogP contribution in [0.15, 0.2) is 30.3 Å². The van der Waals surface area contributed by atoms with E-state index in [1.165, 1.54) is 0 Å². The normalized spacial score (nSPS) is 19.4. The number of nitrogens with one attached hydrogen (secondary N) is 5. The molecule has 10 heteroatoms. The van der Waals surface area contributed by atoms with Gasteiger partial charge in [0.25, 0.3) is 11.8 Å². The van der Waals surface area contributed by atoms with E-state index in [4.69, 9.17) is 0 Å². The van der Waals surface area contributed by atoms with E-state index in [9.17, 15) is 24.0 Å². The Balaban J connectivity index is 1.53. The summed E-state index contributed by atoms with van der Waals surface area (Å²) in [6, 6.07) is 7.16. The highest BCUT2D eigenvalue weighted by Crippen LogP contribution is 2.29. The van der Waals surface area contributed by atoms with Crippen molar-refractivity contribution in [3.05, 3.63) is 36.0 Å². The van der Waals surface area contributed by atoms with Gasteiger partial charge >= 0.3 is 0 Å². The third-order valence-corrected chi connectivity index (χ3v) is 7.47. The van der Waals surface area contributed by atoms with Crippen LogP contribution in [0.2, 0.25) is 0 Å². The van der Waals surface area contributed by atoms with E-state index in [1.54, 1.807) is 26.8 Å². The number of aromatic amines is 1. The first-order chi connectivity index (χ1) is 18.5. The van der Waals surface area contributed by atoms with E-state index in [1.807, 2.05) is 24.3 Å². The zero-order valence-corrected chi connectivity index (χ0v) is 22.9. The predicted octanol–water partition coefficient (Wildman–Crippen LogP) is 2.34. The summed E-state index contributed by atoms with van der Waals surface area (Å²) in [4.78, 5) is 68.1. The summed E-state index contributed by atoms with van der Waals surface area (Å²) in [5, 5.41) is 11.9. The minimum Gasteiger partial charge on any atom is -0.356 e. The van der Waals surface area contributed by atoms with Gasteiger partial charge in [-0.1, -0.05) is 43.9 Å². The summed E-state index contributed by atoms with van der Waals surface area (Å²) >= 11 is 0. The summed E-state index contributed by atoms with van der Waals surface area (Å²) in [5.41, 5.74) is 0.495. The van der Waals surface area contributed by atoms with Crippen LogP contribution in [-0.4, -0.2) is 58.6 Å². The van der Waals surface area contributed by atoms with Crippen LogP contribution < -0.4 is 21.3 Å². The van der Waals surface area contributed by atoms with Crippen LogP contribution in [0.5, 0.6) is 0 Å². The molecule has 2 aromatic rings. The maximum atomic E-state index is 13.6. The minimum absolute atomic E-state index is 0.0140. The average molecular weight is 538 g/mol. The van der Waals surface area contributed by atoms with Crippen molar-refractivity contribution in [1.82, 2.24) is 26.3 Å². The number of amides is 4. The summed E-state index contributed by atoms with van der Waals surface area (Å²) in [7, 11) is 0. The van der Waals surface area contributed by atoms with Gasteiger partial charge in [-0.15, -0.1) is 0 Å². The molecule has 2 heterocycles. The van der Waals surface area contributed by atoms with Gasteiger partial charge in [0, 0.05) is 28.9 Å². The molecule has 1 unspecified atom stereocenters. The first-order valence-corrected chi connectivity index (χ1v) is 13.8. The maximum Gasteiger partial charge on any atom is 0.290 e. The number of hydrogen-bond acceptors (Lipinski definition) is 5. The van der Waals surface area contributed by atoms with Crippen LogP contribution in [0.25, 0.3) is 10.9 Å². The number of ketones is 1. The number of carbonyl (C=O) groups is 5. The van der Waals surface area contributed by atoms with Crippen LogP contribution in [0.1, 0.15) is 76.2 Å². The van der Waals surface area contributed by atoms with Gasteiger partial charge in [-0.3, -0.25) is 24.0 Å². The van der Waals surface area contributed by atoms with Gasteiger partial charge in [0.15, 0.2) is 0 Å². The van der Waals surface area contributed by atoms with Crippen LogP contribution in [0, 0.1) is 11.8 Å². The number of carbonyl (C=O) groups excluding carboxylic acids is 5. The molecule has 210 valence electrons. The largest absolute Gasteiger partial charge is 0.356 e. The number of rotatable bonds is 10. The highest BCUT2D eigenvalue weighted by molar-refractivity contribution is 6.38. The zero-order chi connectivity index (χ0) is 28.2. The summed E-state index contributed by atoms with van der Waals surface area (Å²) in [6.45, 7) is 5.76. The number of Topliss-reactive ketones (excluding diaryl/α,β-unsaturated/α-hetero) is 1. The lowest BCUT2D eigenvalue weighted by atomic mass is 9.93. The van der Waals surface area contributed by atoms with Crippen molar-refractivity contribution >= 4 is 40.3 Å². The Morgan fingerprint density at radius 1 is 0.974 bits per heavy atom. The SMILES string of the molecule is CC(C)(C)NC(=O)C(=O)C(C[C@@H]1CCNC1=O)NC(=O)[C@H](CC1CCCC1)NC(=O)c1cc2ccccc2[nH]1. The van der Waals surface area contributed by atoms with Crippen molar-refractivity contribution in [2.45, 2.75) is 83.3 Å². The predicted molar refractivity (Wildman–Crippen MR) is 147 cm³/mol. The van der Waals surface area contributed by atoms with Gasteiger partial charge in [0.2, 0.25) is 17.6 Å². The zero-order valence-electron chi connectivity index (χ0n) is 22.9. The summed E-state index contributed by atoms with van der Waals surface area (Å²) < 4.78 is 0. The summed E-state index contributed by atoms with van der Waals surface area (Å²) in [5.74, 6) is -3.01. The minimum atomic E-state index is -1.19. The molecular weight excluding hydrogens is 498 g/mol. The monoisotopic (exact) mass is 537 g/mol. The Morgan fingerprint density at radius 2 is 1.69 bits per heavy atom. The van der Waals surface area contributed by atoms with Crippen LogP contribution in [0.4, 0.5) is 0 Å². The van der Waals surface area contributed by atoms with E-state index >= 15 is 0 Å². The van der Waals surface area contributed by atoms with Gasteiger partial charge in [-0.05, 0) is 58.1 Å². The summed E-state index contributed by atoms with van der Waals surface area (Å²) in [6.07, 6.45) is 5.02. The molecule has 1 saturated heterocycles. The molecule has 3 atom stereocenters. The Bertz CT molecular complexity index is 1210. The lowest BCUT2D eigenvalue weighted by Crippen LogP contribution is -2.56. The number of hydrogen-bond donors (Lipinski definition) is 5. The molecule has 1 aliphatic heterocycles. The van der Waals surface area contributed by atoms with E-state index < -0.39 is 47.0 Å². The molecule has 1 aromatic heterocycles. The number of H-pyrrole nitrogens is 1. The van der Waals surface area contributed by atoms with Gasteiger partial charge in [-0.25, -0.2) is 0 Å². The fraction of sp³-hybridized carbons (Fsp3) is 0.552. The standard InChI is InChI=1S/C29H39N5O5/c1-29(2,3)34-28(39)24(35)21(16-19-12-13-30-25(19)36)32-26(37)22(14-17-8-4-5-9-17)33-27(38)23-15-18-10-6-7-11-20(18)31-23/h6-7,10-11,15,17,19,21-22,31H,4-5,8-9,12-14,16H2,1-3H3,(H,30,36)(H,32,37)(H,33,38)(H,34,39)/t19-,21?,22-/m0/s1. The molecule has 4 amide bonds. The van der Waals surface area contributed by atoms with Gasteiger partial charge in [-0.2, -0.15) is 0 Å². The molecule has 2 aliphatic rings.